The maximum Gasteiger partial charge on any atom is 0.272 e. The van der Waals surface area contributed by atoms with Crippen LogP contribution >= 0.6 is 12.2 Å². The number of pyridine rings is 1. The van der Waals surface area contributed by atoms with Crippen LogP contribution in [0.4, 0.5) is 17.2 Å². The van der Waals surface area contributed by atoms with E-state index in [0.29, 0.717) is 29.8 Å². The van der Waals surface area contributed by atoms with Gasteiger partial charge in [0.05, 0.1) is 24.4 Å². The van der Waals surface area contributed by atoms with Gasteiger partial charge >= 0.3 is 0 Å². The summed E-state index contributed by atoms with van der Waals surface area (Å²) in [4.78, 5) is 24.7. The molecular weight excluding hydrogens is 398 g/mol. The average Bonchev–Trinajstić information content (AvgIpc) is 2.93. The van der Waals surface area contributed by atoms with Gasteiger partial charge in [-0.05, 0) is 67.7 Å². The summed E-state index contributed by atoms with van der Waals surface area (Å²) in [5, 5.41) is 0.443. The van der Waals surface area contributed by atoms with Crippen LogP contribution in [0, 0.1) is 13.5 Å². The zero-order valence-electron chi connectivity index (χ0n) is 16.6. The number of benzene rings is 1. The molecule has 1 spiro atoms. The number of amides is 1. The number of ether oxygens (including phenoxy) is 1. The molecule has 8 heteroatoms. The molecule has 0 atom stereocenters. The smallest absolute Gasteiger partial charge is 0.272 e. The molecule has 30 heavy (non-hydrogen) atoms. The predicted octanol–water partition coefficient (Wildman–Crippen LogP) is 3.19. The third-order valence-electron chi connectivity index (χ3n) is 6.41. The topological polar surface area (TPSA) is 76.1 Å². The first-order chi connectivity index (χ1) is 14.4. The third-order valence-corrected chi connectivity index (χ3v) is 6.78. The monoisotopic (exact) mass is 419 g/mol. The number of nitrogens with two attached hydrogens (primary N) is 1. The number of nitrogens with zero attached hydrogens (tertiary/aromatic N) is 4. The highest BCUT2D eigenvalue weighted by Gasteiger charge is 2.59. The molecular formula is C22H21N5O2S. The maximum absolute atomic E-state index is 13.5. The molecule has 7 nitrogen and oxygen atoms in total. The molecule has 1 aliphatic carbocycles. The van der Waals surface area contributed by atoms with Crippen LogP contribution in [-0.2, 0) is 15.1 Å². The molecule has 0 bridgehead atoms. The summed E-state index contributed by atoms with van der Waals surface area (Å²) >= 11 is 5.80. The van der Waals surface area contributed by atoms with Gasteiger partial charge in [0.25, 0.3) is 11.7 Å². The van der Waals surface area contributed by atoms with Crippen molar-refractivity contribution in [2.75, 3.05) is 23.0 Å². The molecule has 2 saturated heterocycles. The number of carbonyl (C=O) groups excluding carboxylic acids is 1. The van der Waals surface area contributed by atoms with Crippen LogP contribution in [0.5, 0.6) is 0 Å². The highest BCUT2D eigenvalue weighted by molar-refractivity contribution is 7.81. The van der Waals surface area contributed by atoms with Crippen molar-refractivity contribution in [3.63, 3.8) is 0 Å². The highest BCUT2D eigenvalue weighted by atomic mass is 32.1. The second-order valence-electron chi connectivity index (χ2n) is 8.29. The molecule has 152 valence electrons. The predicted molar refractivity (Wildman–Crippen MR) is 118 cm³/mol. The fourth-order valence-corrected chi connectivity index (χ4v) is 4.90. The summed E-state index contributed by atoms with van der Waals surface area (Å²) in [7, 11) is 0. The van der Waals surface area contributed by atoms with Crippen LogP contribution in [0.25, 0.3) is 4.85 Å². The molecule has 1 amide bonds. The molecule has 2 aromatic rings. The number of aromatic nitrogens is 1. The lowest BCUT2D eigenvalue weighted by Crippen LogP contribution is -2.55. The van der Waals surface area contributed by atoms with Gasteiger partial charge in [-0.1, -0.05) is 18.7 Å². The Balaban J connectivity index is 1.52. The van der Waals surface area contributed by atoms with Crippen molar-refractivity contribution in [1.82, 2.24) is 4.98 Å². The first kappa shape index (κ1) is 19.1. The third kappa shape index (κ3) is 2.53. The van der Waals surface area contributed by atoms with Gasteiger partial charge in [-0.15, -0.1) is 4.98 Å². The number of thiocarbonyl (C=S) groups is 1. The summed E-state index contributed by atoms with van der Waals surface area (Å²) in [6.45, 7) is 10.0. The van der Waals surface area contributed by atoms with E-state index in [0.717, 1.165) is 36.1 Å². The van der Waals surface area contributed by atoms with Crippen molar-refractivity contribution in [2.24, 2.45) is 5.73 Å². The van der Waals surface area contributed by atoms with Crippen LogP contribution in [0.1, 0.15) is 30.4 Å². The van der Waals surface area contributed by atoms with Gasteiger partial charge in [-0.2, -0.15) is 0 Å². The van der Waals surface area contributed by atoms with Crippen LogP contribution in [0.15, 0.2) is 36.5 Å². The van der Waals surface area contributed by atoms with Gasteiger partial charge in [0, 0.05) is 5.69 Å². The van der Waals surface area contributed by atoms with Crippen molar-refractivity contribution in [1.29, 1.82) is 0 Å². The molecule has 3 heterocycles. The Morgan fingerprint density at radius 2 is 1.93 bits per heavy atom. The van der Waals surface area contributed by atoms with Crippen LogP contribution < -0.4 is 15.5 Å². The molecule has 3 fully saturated rings. The Bertz CT molecular complexity index is 1100. The van der Waals surface area contributed by atoms with E-state index >= 15 is 0 Å². The molecule has 1 saturated carbocycles. The molecule has 1 aromatic heterocycles. The van der Waals surface area contributed by atoms with Crippen molar-refractivity contribution >= 4 is 40.4 Å². The summed E-state index contributed by atoms with van der Waals surface area (Å²) in [5.41, 5.74) is 8.49. The molecule has 1 aromatic carbocycles. The molecule has 5 rings (SSSR count). The van der Waals surface area contributed by atoms with Crippen molar-refractivity contribution in [3.05, 3.63) is 59.1 Å². The lowest BCUT2D eigenvalue weighted by atomic mass is 9.75. The van der Waals surface area contributed by atoms with Gasteiger partial charge in [-0.25, -0.2) is 0 Å². The Kier molecular flexibility index (Phi) is 4.19. The maximum atomic E-state index is 13.5. The minimum Gasteiger partial charge on any atom is -0.377 e. The fourth-order valence-electron chi connectivity index (χ4n) is 4.43. The standard InChI is InChI=1S/C22H21N5O2S/c1-14-10-17(11-25-18(14)24-2)26-19(28)22(8-3-9-22)27(20(26)30)16-6-4-15(5-7-16)21(23)12-29-13-21/h4-7,10-11H,3,8-9,12-13,23H2,1H3. The van der Waals surface area contributed by atoms with E-state index in [9.17, 15) is 4.79 Å². The highest BCUT2D eigenvalue weighted by Crippen LogP contribution is 2.48. The largest absolute Gasteiger partial charge is 0.377 e. The lowest BCUT2D eigenvalue weighted by molar-refractivity contribution is -0.123. The molecule has 0 unspecified atom stereocenters. The summed E-state index contributed by atoms with van der Waals surface area (Å²) < 4.78 is 5.27. The minimum absolute atomic E-state index is 0.0257. The van der Waals surface area contributed by atoms with Gasteiger partial charge in [0.1, 0.15) is 11.7 Å². The lowest BCUT2D eigenvalue weighted by Gasteiger charge is -2.43. The number of rotatable bonds is 3. The van der Waals surface area contributed by atoms with E-state index in [1.165, 1.54) is 0 Å². The Morgan fingerprint density at radius 1 is 1.23 bits per heavy atom. The number of hydrogen-bond acceptors (Lipinski definition) is 5. The number of carbonyl (C=O) groups is 1. The van der Waals surface area contributed by atoms with Crippen LogP contribution in [0.2, 0.25) is 0 Å². The van der Waals surface area contributed by atoms with E-state index in [1.54, 1.807) is 17.2 Å². The van der Waals surface area contributed by atoms with Crippen molar-refractivity contribution in [2.45, 2.75) is 37.3 Å². The van der Waals surface area contributed by atoms with Crippen LogP contribution in [0.3, 0.4) is 0 Å². The Labute approximate surface area is 180 Å². The van der Waals surface area contributed by atoms with Gasteiger partial charge in [0.15, 0.2) is 5.11 Å². The number of anilines is 2. The van der Waals surface area contributed by atoms with Gasteiger partial charge in [0.2, 0.25) is 0 Å². The average molecular weight is 420 g/mol. The Morgan fingerprint density at radius 3 is 2.43 bits per heavy atom. The first-order valence-corrected chi connectivity index (χ1v) is 10.3. The van der Waals surface area contributed by atoms with Gasteiger partial charge < -0.3 is 20.2 Å². The fraction of sp³-hybridized carbons (Fsp3) is 0.364. The molecule has 0 radical (unpaired) electrons. The molecule has 2 N–H and O–H groups in total. The quantitative estimate of drug-likeness (QED) is 0.608. The van der Waals surface area contributed by atoms with E-state index < -0.39 is 11.1 Å². The first-order valence-electron chi connectivity index (χ1n) is 9.90. The van der Waals surface area contributed by atoms with Crippen molar-refractivity contribution in [3.8, 4) is 0 Å². The second kappa shape index (κ2) is 6.57. The Hall–Kier alpha value is -2.86. The minimum atomic E-state index is -0.648. The summed E-state index contributed by atoms with van der Waals surface area (Å²) in [6, 6.07) is 9.76. The zero-order chi connectivity index (χ0) is 21.1. The van der Waals surface area contributed by atoms with E-state index in [4.69, 9.17) is 29.3 Å². The van der Waals surface area contributed by atoms with E-state index in [-0.39, 0.29) is 5.91 Å². The SMILES string of the molecule is [C-]#[N+]c1ncc(N2C(=O)C3(CCC3)N(c3ccc(C4(N)COC4)cc3)C2=S)cc1C. The number of hydrogen-bond donors (Lipinski definition) is 1. The van der Waals surface area contributed by atoms with Crippen LogP contribution in [-0.4, -0.2) is 34.8 Å². The van der Waals surface area contributed by atoms with Crippen molar-refractivity contribution < 1.29 is 9.53 Å². The molecule has 2 aliphatic heterocycles. The zero-order valence-corrected chi connectivity index (χ0v) is 17.4. The number of aryl methyl sites for hydroxylation is 1. The summed E-state index contributed by atoms with van der Waals surface area (Å²) in [6.07, 6.45) is 4.04. The van der Waals surface area contributed by atoms with E-state index in [2.05, 4.69) is 9.83 Å². The normalized spacial score (nSPS) is 21.4. The molecule has 3 aliphatic rings. The van der Waals surface area contributed by atoms with E-state index in [1.807, 2.05) is 36.1 Å². The van der Waals surface area contributed by atoms with Gasteiger partial charge in [-0.3, -0.25) is 9.69 Å². The second-order valence-corrected chi connectivity index (χ2v) is 8.65. The summed E-state index contributed by atoms with van der Waals surface area (Å²) in [5.74, 6) is 0.306.